The smallest absolute Gasteiger partial charge is 0.261 e. The van der Waals surface area contributed by atoms with Crippen LogP contribution in [0.2, 0.25) is 0 Å². The molecule has 8 aromatic rings. The molecule has 0 radical (unpaired) electrons. The molecule has 64 heavy (non-hydrogen) atoms. The van der Waals surface area contributed by atoms with Gasteiger partial charge in [0.1, 0.15) is 0 Å². The van der Waals surface area contributed by atoms with E-state index in [1.54, 1.807) is 0 Å². The molecular formula is C57H45N5O2. The summed E-state index contributed by atoms with van der Waals surface area (Å²) in [5, 5.41) is 1.61. The normalized spacial score (nSPS) is 13.1. The van der Waals surface area contributed by atoms with E-state index in [-0.39, 0.29) is 18.4 Å². The van der Waals surface area contributed by atoms with Crippen molar-refractivity contribution < 1.29 is 9.59 Å². The zero-order chi connectivity index (χ0) is 44.0. The topological polar surface area (TPSA) is 94.7 Å². The lowest BCUT2D eigenvalue weighted by Gasteiger charge is -2.27. The number of hydrogen-bond donors (Lipinski definition) is 2. The van der Waals surface area contributed by atoms with Crippen molar-refractivity contribution in [2.75, 3.05) is 0 Å². The van der Waals surface area contributed by atoms with Crippen LogP contribution in [-0.2, 0) is 6.54 Å². The first-order chi connectivity index (χ1) is 31.0. The molecule has 0 aliphatic carbocycles. The van der Waals surface area contributed by atoms with Gasteiger partial charge in [0.25, 0.3) is 11.8 Å². The van der Waals surface area contributed by atoms with E-state index in [2.05, 4.69) is 143 Å². The van der Waals surface area contributed by atoms with E-state index < -0.39 is 0 Å². The van der Waals surface area contributed by atoms with Crippen LogP contribution in [0.15, 0.2) is 115 Å². The zero-order valence-electron chi connectivity index (χ0n) is 36.6. The molecule has 2 amide bonds. The fourth-order valence-corrected chi connectivity index (χ4v) is 10.3. The van der Waals surface area contributed by atoms with Crippen LogP contribution in [0.25, 0.3) is 90.5 Å². The van der Waals surface area contributed by atoms with Gasteiger partial charge in [-0.05, 0) is 158 Å². The number of carbonyl (C=O) groups is 2. The molecule has 3 aromatic heterocycles. The summed E-state index contributed by atoms with van der Waals surface area (Å²) in [6.07, 6.45) is 8.43. The van der Waals surface area contributed by atoms with Crippen molar-refractivity contribution >= 4 is 69.0 Å². The van der Waals surface area contributed by atoms with Crippen molar-refractivity contribution in [2.24, 2.45) is 0 Å². The molecule has 0 fully saturated rings. The van der Waals surface area contributed by atoms with E-state index in [1.807, 2.05) is 48.5 Å². The van der Waals surface area contributed by atoms with Crippen molar-refractivity contribution in [2.45, 2.75) is 48.1 Å². The Labute approximate surface area is 371 Å². The highest BCUT2D eigenvalue weighted by molar-refractivity contribution is 6.25. The highest BCUT2D eigenvalue weighted by Crippen LogP contribution is 2.40. The molecule has 0 atom stereocenters. The Balaban J connectivity index is 1.14. The Morgan fingerprint density at radius 3 is 1.58 bits per heavy atom. The van der Waals surface area contributed by atoms with Gasteiger partial charge in [-0.2, -0.15) is 0 Å². The van der Waals surface area contributed by atoms with Gasteiger partial charge in [0.05, 0.1) is 29.3 Å². The van der Waals surface area contributed by atoms with Crippen molar-refractivity contribution in [3.63, 3.8) is 0 Å². The second-order valence-corrected chi connectivity index (χ2v) is 17.5. The van der Waals surface area contributed by atoms with E-state index >= 15 is 0 Å². The average molecular weight is 832 g/mol. The van der Waals surface area contributed by atoms with Gasteiger partial charge in [0, 0.05) is 55.3 Å². The number of H-pyrrole nitrogens is 2. The van der Waals surface area contributed by atoms with Crippen LogP contribution in [-0.4, -0.2) is 36.7 Å². The minimum absolute atomic E-state index is 0.148. The van der Waals surface area contributed by atoms with E-state index in [0.29, 0.717) is 11.1 Å². The fraction of sp³-hybridized carbons (Fsp3) is 0.123. The molecule has 0 spiro atoms. The number of carbonyl (C=O) groups excluding carboxylic acids is 2. The molecule has 0 saturated heterocycles. The summed E-state index contributed by atoms with van der Waals surface area (Å²) >= 11 is 0. The van der Waals surface area contributed by atoms with E-state index in [0.717, 1.165) is 94.6 Å². The summed E-state index contributed by atoms with van der Waals surface area (Å²) in [5.41, 5.74) is 22.5. The predicted molar refractivity (Wildman–Crippen MR) is 262 cm³/mol. The first-order valence-corrected chi connectivity index (χ1v) is 21.8. The Morgan fingerprint density at radius 1 is 0.484 bits per heavy atom. The summed E-state index contributed by atoms with van der Waals surface area (Å²) in [6.45, 7) is 13.1. The molecule has 11 rings (SSSR count). The Hall–Kier alpha value is -7.90. The minimum Gasteiger partial charge on any atom is -0.355 e. The SMILES string of the molecule is Cc1cc(C)c(-c2c3nc(c(-c4ccc(CN5C(=O)c6cccc7cccc(c67)C5=O)cc4)c4ccc([nH]4)c(-c4c(C)cc(C)cc4C)c4nc(cc5ccc2[nH]5)C=C4)C=C3)c(C)c1. The zero-order valence-corrected chi connectivity index (χ0v) is 36.6. The molecule has 7 nitrogen and oxygen atoms in total. The number of fused-ring (bicyclic) bond motifs is 8. The highest BCUT2D eigenvalue weighted by Gasteiger charge is 2.32. The van der Waals surface area contributed by atoms with Crippen LogP contribution >= 0.6 is 0 Å². The van der Waals surface area contributed by atoms with Gasteiger partial charge in [-0.3, -0.25) is 14.5 Å². The monoisotopic (exact) mass is 831 g/mol. The third kappa shape index (κ3) is 6.42. The fourth-order valence-electron chi connectivity index (χ4n) is 10.3. The number of imide groups is 1. The van der Waals surface area contributed by atoms with E-state index in [1.165, 1.54) is 38.3 Å². The summed E-state index contributed by atoms with van der Waals surface area (Å²) in [4.78, 5) is 47.4. The quantitative estimate of drug-likeness (QED) is 0.169. The van der Waals surface area contributed by atoms with Gasteiger partial charge < -0.3 is 9.97 Å². The van der Waals surface area contributed by atoms with Crippen molar-refractivity contribution in [1.82, 2.24) is 24.8 Å². The van der Waals surface area contributed by atoms with Crippen LogP contribution in [0, 0.1) is 41.5 Å². The molecule has 2 N–H and O–H groups in total. The van der Waals surface area contributed by atoms with E-state index in [4.69, 9.17) is 9.97 Å². The third-order valence-electron chi connectivity index (χ3n) is 12.9. The second-order valence-electron chi connectivity index (χ2n) is 17.5. The van der Waals surface area contributed by atoms with Crippen LogP contribution in [0.4, 0.5) is 0 Å². The predicted octanol–water partition coefficient (Wildman–Crippen LogP) is 13.5. The van der Waals surface area contributed by atoms with Gasteiger partial charge >= 0.3 is 0 Å². The standard InChI is InChI=1S/C57H45N5O2/c1-31-25-33(3)50(34(4)26-31)54-46-19-17-40(58-46)29-41-18-20-47(59-41)55(51-35(5)27-32(2)28-36(51)6)49-24-22-45(61-49)53(44-21-23-48(54)60-44)39-15-13-37(14-16-39)30-62-56(63)42-11-7-9-38-10-8-12-43(52(38)42)57(62)64/h7-29,58,61H,30H2,1-6H3. The van der Waals surface area contributed by atoms with Crippen molar-refractivity contribution in [1.29, 1.82) is 0 Å². The molecule has 5 aromatic carbocycles. The molecule has 3 aliphatic rings. The maximum atomic E-state index is 13.9. The van der Waals surface area contributed by atoms with Gasteiger partial charge in [-0.15, -0.1) is 0 Å². The first-order valence-electron chi connectivity index (χ1n) is 21.8. The molecule has 8 bridgehead atoms. The van der Waals surface area contributed by atoms with Crippen LogP contribution < -0.4 is 0 Å². The van der Waals surface area contributed by atoms with E-state index in [9.17, 15) is 9.59 Å². The summed E-state index contributed by atoms with van der Waals surface area (Å²) < 4.78 is 0. The minimum atomic E-state index is -0.284. The number of nitrogens with one attached hydrogen (secondary N) is 2. The molecule has 6 heterocycles. The summed E-state index contributed by atoms with van der Waals surface area (Å²) in [7, 11) is 0. The third-order valence-corrected chi connectivity index (χ3v) is 12.9. The lowest BCUT2D eigenvalue weighted by Crippen LogP contribution is -2.39. The lowest BCUT2D eigenvalue weighted by atomic mass is 9.92. The summed E-state index contributed by atoms with van der Waals surface area (Å²) in [5.74, 6) is -0.568. The van der Waals surface area contributed by atoms with Crippen molar-refractivity contribution in [3.05, 3.63) is 188 Å². The molecule has 0 unspecified atom stereocenters. The Morgan fingerprint density at radius 2 is 0.984 bits per heavy atom. The summed E-state index contributed by atoms with van der Waals surface area (Å²) in [6, 6.07) is 39.0. The number of aryl methyl sites for hydroxylation is 6. The average Bonchev–Trinajstić information content (AvgIpc) is 4.11. The Kier molecular flexibility index (Phi) is 9.06. The van der Waals surface area contributed by atoms with Gasteiger partial charge in [-0.1, -0.05) is 83.9 Å². The highest BCUT2D eigenvalue weighted by atomic mass is 16.2. The largest absolute Gasteiger partial charge is 0.355 e. The van der Waals surface area contributed by atoms with Crippen LogP contribution in [0.5, 0.6) is 0 Å². The molecular weight excluding hydrogens is 787 g/mol. The number of hydrogen-bond acceptors (Lipinski definition) is 4. The molecule has 310 valence electrons. The second kappa shape index (κ2) is 14.9. The number of rotatable bonds is 5. The number of aromatic amines is 2. The lowest BCUT2D eigenvalue weighted by molar-refractivity contribution is 0.0598. The Bertz CT molecular complexity index is 3430. The number of benzene rings is 5. The maximum absolute atomic E-state index is 13.9. The van der Waals surface area contributed by atoms with Crippen LogP contribution in [0.3, 0.4) is 0 Å². The molecule has 7 heteroatoms. The van der Waals surface area contributed by atoms with Crippen LogP contribution in [0.1, 0.15) is 82.4 Å². The van der Waals surface area contributed by atoms with Gasteiger partial charge in [-0.25, -0.2) is 9.97 Å². The number of amides is 2. The number of nitrogens with zero attached hydrogens (tertiary/aromatic N) is 3. The van der Waals surface area contributed by atoms with Gasteiger partial charge in [0.2, 0.25) is 0 Å². The van der Waals surface area contributed by atoms with Gasteiger partial charge in [0.15, 0.2) is 0 Å². The first kappa shape index (κ1) is 39.0. The molecule has 0 saturated carbocycles. The van der Waals surface area contributed by atoms with Crippen molar-refractivity contribution in [3.8, 4) is 33.4 Å². The maximum Gasteiger partial charge on any atom is 0.261 e. The number of aromatic nitrogens is 4. The molecule has 3 aliphatic heterocycles.